The van der Waals surface area contributed by atoms with E-state index in [1.165, 1.54) is 18.2 Å². The topological polar surface area (TPSA) is 45.2 Å². The second-order valence-electron chi connectivity index (χ2n) is 6.61. The van der Waals surface area contributed by atoms with Gasteiger partial charge in [-0.1, -0.05) is 24.3 Å². The second-order valence-corrected chi connectivity index (χ2v) is 6.61. The molecule has 28 heavy (non-hydrogen) atoms. The molecule has 2 heterocycles. The van der Waals surface area contributed by atoms with E-state index in [9.17, 15) is 13.6 Å². The van der Waals surface area contributed by atoms with Crippen molar-refractivity contribution in [3.05, 3.63) is 89.1 Å². The molecule has 0 atom stereocenters. The van der Waals surface area contributed by atoms with Gasteiger partial charge in [0.25, 0.3) is 5.91 Å². The van der Waals surface area contributed by atoms with Crippen molar-refractivity contribution in [3.63, 3.8) is 0 Å². The largest absolute Gasteiger partial charge is 0.369 e. The van der Waals surface area contributed by atoms with Crippen LogP contribution in [0.3, 0.4) is 0 Å². The van der Waals surface area contributed by atoms with Crippen LogP contribution < -0.4 is 10.2 Å². The Morgan fingerprint density at radius 2 is 1.82 bits per heavy atom. The first-order valence-corrected chi connectivity index (χ1v) is 9.16. The number of halogens is 2. The van der Waals surface area contributed by atoms with Crippen LogP contribution in [0.2, 0.25) is 0 Å². The van der Waals surface area contributed by atoms with Crippen LogP contribution in [0.15, 0.2) is 60.8 Å². The van der Waals surface area contributed by atoms with Crippen LogP contribution in [0.25, 0.3) is 0 Å². The van der Waals surface area contributed by atoms with E-state index in [0.717, 1.165) is 17.7 Å². The monoisotopic (exact) mass is 379 g/mol. The molecule has 0 bridgehead atoms. The maximum atomic E-state index is 13.8. The highest BCUT2D eigenvalue weighted by Crippen LogP contribution is 2.29. The number of anilines is 2. The molecule has 2 aromatic carbocycles. The third-order valence-electron chi connectivity index (χ3n) is 4.90. The summed E-state index contributed by atoms with van der Waals surface area (Å²) in [6.07, 6.45) is 2.55. The fraction of sp³-hybridized carbons (Fsp3) is 0.182. The Labute approximate surface area is 161 Å². The van der Waals surface area contributed by atoms with E-state index >= 15 is 0 Å². The summed E-state index contributed by atoms with van der Waals surface area (Å²) in [5.74, 6) is -0.883. The SMILES string of the molecule is O=C(c1cccnc1NCCc1c(F)cccc1F)N1CCc2ccccc21. The molecule has 0 aliphatic carbocycles. The molecule has 1 aliphatic heterocycles. The molecule has 1 aliphatic rings. The van der Waals surface area contributed by atoms with Crippen molar-refractivity contribution in [1.29, 1.82) is 0 Å². The number of carbonyl (C=O) groups is 1. The molecule has 0 radical (unpaired) electrons. The smallest absolute Gasteiger partial charge is 0.262 e. The highest BCUT2D eigenvalue weighted by atomic mass is 19.1. The highest BCUT2D eigenvalue weighted by molar-refractivity contribution is 6.10. The van der Waals surface area contributed by atoms with E-state index in [1.54, 1.807) is 23.2 Å². The molecule has 1 aromatic heterocycles. The predicted octanol–water partition coefficient (Wildman–Crippen LogP) is 4.22. The van der Waals surface area contributed by atoms with Gasteiger partial charge in [-0.3, -0.25) is 4.79 Å². The number of carbonyl (C=O) groups excluding carboxylic acids is 1. The molecule has 1 N–H and O–H groups in total. The Morgan fingerprint density at radius 1 is 1.04 bits per heavy atom. The van der Waals surface area contributed by atoms with Crippen LogP contribution in [-0.2, 0) is 12.8 Å². The fourth-order valence-corrected chi connectivity index (χ4v) is 3.49. The van der Waals surface area contributed by atoms with Gasteiger partial charge < -0.3 is 10.2 Å². The molecule has 3 aromatic rings. The van der Waals surface area contributed by atoms with Crippen molar-refractivity contribution in [2.45, 2.75) is 12.8 Å². The molecule has 0 unspecified atom stereocenters. The van der Waals surface area contributed by atoms with Crippen molar-refractivity contribution in [3.8, 4) is 0 Å². The Balaban J connectivity index is 1.51. The molecule has 0 spiro atoms. The van der Waals surface area contributed by atoms with E-state index in [-0.39, 0.29) is 24.4 Å². The first-order chi connectivity index (χ1) is 13.6. The molecule has 4 nitrogen and oxygen atoms in total. The molecular formula is C22H19F2N3O. The van der Waals surface area contributed by atoms with Crippen LogP contribution in [0.5, 0.6) is 0 Å². The summed E-state index contributed by atoms with van der Waals surface area (Å²) < 4.78 is 27.6. The minimum Gasteiger partial charge on any atom is -0.369 e. The Kier molecular flexibility index (Phi) is 5.02. The average molecular weight is 379 g/mol. The Morgan fingerprint density at radius 3 is 2.64 bits per heavy atom. The number of nitrogens with one attached hydrogen (secondary N) is 1. The summed E-state index contributed by atoms with van der Waals surface area (Å²) in [7, 11) is 0. The predicted molar refractivity (Wildman–Crippen MR) is 105 cm³/mol. The molecule has 4 rings (SSSR count). The summed E-state index contributed by atoms with van der Waals surface area (Å²) in [6, 6.07) is 15.1. The van der Waals surface area contributed by atoms with Gasteiger partial charge in [-0.15, -0.1) is 0 Å². The maximum absolute atomic E-state index is 13.8. The van der Waals surface area contributed by atoms with Crippen LogP contribution in [0.4, 0.5) is 20.3 Å². The zero-order chi connectivity index (χ0) is 19.5. The second kappa shape index (κ2) is 7.76. The lowest BCUT2D eigenvalue weighted by molar-refractivity contribution is 0.0990. The summed E-state index contributed by atoms with van der Waals surface area (Å²) in [6.45, 7) is 0.874. The summed E-state index contributed by atoms with van der Waals surface area (Å²) in [5.41, 5.74) is 2.51. The Bertz CT molecular complexity index is 1000. The number of pyridine rings is 1. The van der Waals surface area contributed by atoms with Crippen LogP contribution in [-0.4, -0.2) is 24.0 Å². The van der Waals surface area contributed by atoms with Crippen LogP contribution >= 0.6 is 0 Å². The number of amides is 1. The standard InChI is InChI=1S/C22H19F2N3O/c23-18-7-3-8-19(24)16(18)10-13-26-21-17(6-4-12-25-21)22(28)27-14-11-15-5-1-2-9-20(15)27/h1-9,12H,10-11,13-14H2,(H,25,26). The van der Waals surface area contributed by atoms with Gasteiger partial charge in [0.05, 0.1) is 5.56 Å². The van der Waals surface area contributed by atoms with E-state index < -0.39 is 11.6 Å². The molecule has 0 saturated carbocycles. The summed E-state index contributed by atoms with van der Waals surface area (Å²) in [4.78, 5) is 19.1. The fourth-order valence-electron chi connectivity index (χ4n) is 3.49. The lowest BCUT2D eigenvalue weighted by Crippen LogP contribution is -2.30. The molecule has 6 heteroatoms. The third-order valence-corrected chi connectivity index (χ3v) is 4.90. The number of para-hydroxylation sites is 1. The van der Waals surface area contributed by atoms with Crippen LogP contribution in [0, 0.1) is 11.6 Å². The molecular weight excluding hydrogens is 360 g/mol. The van der Waals surface area contributed by atoms with Gasteiger partial charge in [0.1, 0.15) is 17.5 Å². The average Bonchev–Trinajstić information content (AvgIpc) is 3.14. The number of fused-ring (bicyclic) bond motifs is 1. The van der Waals surface area contributed by atoms with Gasteiger partial charge in [0, 0.05) is 30.5 Å². The van der Waals surface area contributed by atoms with Gasteiger partial charge in [-0.2, -0.15) is 0 Å². The molecule has 0 saturated heterocycles. The number of benzene rings is 2. The maximum Gasteiger partial charge on any atom is 0.262 e. The van der Waals surface area contributed by atoms with Crippen molar-refractivity contribution >= 4 is 17.4 Å². The highest BCUT2D eigenvalue weighted by Gasteiger charge is 2.27. The number of aromatic nitrogens is 1. The number of nitrogens with zero attached hydrogens (tertiary/aromatic N) is 2. The van der Waals surface area contributed by atoms with Crippen molar-refractivity contribution in [2.75, 3.05) is 23.3 Å². The lowest BCUT2D eigenvalue weighted by atomic mass is 10.1. The number of hydrogen-bond acceptors (Lipinski definition) is 3. The van der Waals surface area contributed by atoms with Crippen LogP contribution in [0.1, 0.15) is 21.5 Å². The van der Waals surface area contributed by atoms with Crippen molar-refractivity contribution in [2.24, 2.45) is 0 Å². The zero-order valence-electron chi connectivity index (χ0n) is 15.2. The summed E-state index contributed by atoms with van der Waals surface area (Å²) >= 11 is 0. The minimum absolute atomic E-state index is 0.0206. The number of rotatable bonds is 5. The normalized spacial score (nSPS) is 12.7. The quantitative estimate of drug-likeness (QED) is 0.722. The van der Waals surface area contributed by atoms with Crippen molar-refractivity contribution < 1.29 is 13.6 Å². The molecule has 142 valence electrons. The summed E-state index contributed by atoms with van der Waals surface area (Å²) in [5, 5.41) is 3.05. The van der Waals surface area contributed by atoms with E-state index in [2.05, 4.69) is 10.3 Å². The number of hydrogen-bond donors (Lipinski definition) is 1. The van der Waals surface area contributed by atoms with Gasteiger partial charge in [-0.25, -0.2) is 13.8 Å². The van der Waals surface area contributed by atoms with E-state index in [1.807, 2.05) is 24.3 Å². The van der Waals surface area contributed by atoms with Gasteiger partial charge >= 0.3 is 0 Å². The van der Waals surface area contributed by atoms with Gasteiger partial charge in [0.2, 0.25) is 0 Å². The zero-order valence-corrected chi connectivity index (χ0v) is 15.2. The van der Waals surface area contributed by atoms with E-state index in [0.29, 0.717) is 17.9 Å². The lowest BCUT2D eigenvalue weighted by Gasteiger charge is -2.19. The molecule has 0 fully saturated rings. The first-order valence-electron chi connectivity index (χ1n) is 9.16. The minimum atomic E-state index is -0.576. The first kappa shape index (κ1) is 18.1. The van der Waals surface area contributed by atoms with E-state index in [4.69, 9.17) is 0 Å². The third kappa shape index (κ3) is 3.45. The molecule has 1 amide bonds. The van der Waals surface area contributed by atoms with Gasteiger partial charge in [-0.05, 0) is 48.7 Å². The van der Waals surface area contributed by atoms with Crippen molar-refractivity contribution in [1.82, 2.24) is 4.98 Å². The Hall–Kier alpha value is -3.28. The van der Waals surface area contributed by atoms with Gasteiger partial charge in [0.15, 0.2) is 0 Å².